The van der Waals surface area contributed by atoms with Gasteiger partial charge in [0.1, 0.15) is 5.75 Å². The number of non-ortho nitro benzene ring substituents is 1. The molecule has 17 heteroatoms. The number of benzene rings is 2. The zero-order chi connectivity index (χ0) is 33.0. The monoisotopic (exact) mass is 611 g/mol. The minimum Gasteiger partial charge on any atom is -0.497 e. The van der Waals surface area contributed by atoms with Crippen LogP contribution in [0.2, 0.25) is 0 Å². The van der Waals surface area contributed by atoms with Crippen LogP contribution in [0.15, 0.2) is 66.0 Å². The van der Waals surface area contributed by atoms with Crippen molar-refractivity contribution >= 4 is 35.1 Å². The van der Waals surface area contributed by atoms with Crippen LogP contribution in [-0.4, -0.2) is 66.5 Å². The number of hydrogen-bond donors (Lipinski definition) is 2. The van der Waals surface area contributed by atoms with Gasteiger partial charge in [0, 0.05) is 35.6 Å². The second kappa shape index (κ2) is 15.9. The van der Waals surface area contributed by atoms with Crippen molar-refractivity contribution in [2.45, 2.75) is 39.8 Å². The molecule has 2 amide bonds. The molecular formula is C27H29N7O10. The Labute approximate surface area is 250 Å². The minimum absolute atomic E-state index is 0.0649. The number of amides is 2. The SMILES string of the molecule is CC(C)N(C(=O)COc1ccccc1/C=N/NC(=O)c1ccncc1)C(C)C.O=[N+]([O-])c1cc([N+](=O)[O-])c(O)c([N+](=O)[O-])c1. The molecule has 3 aromatic rings. The van der Waals surface area contributed by atoms with Gasteiger partial charge in [-0.2, -0.15) is 5.10 Å². The molecular weight excluding hydrogens is 582 g/mol. The molecule has 0 aliphatic rings. The highest BCUT2D eigenvalue weighted by Gasteiger charge is 2.30. The standard InChI is InChI=1S/C21H26N4O3.C6H3N3O7/c1-15(2)25(16(3)4)20(26)14-28-19-8-6-5-7-18(19)13-23-24-21(27)17-9-11-22-12-10-17;10-6-4(8(13)14)1-3(7(11)12)2-5(6)9(15)16/h5-13,15-16H,14H2,1-4H3,(H,24,27);1-2,10H/b23-13+;. The van der Waals surface area contributed by atoms with E-state index in [2.05, 4.69) is 15.5 Å². The van der Waals surface area contributed by atoms with E-state index in [-0.39, 0.29) is 30.5 Å². The second-order valence-electron chi connectivity index (χ2n) is 9.35. The van der Waals surface area contributed by atoms with Crippen LogP contribution in [0.25, 0.3) is 0 Å². The molecule has 232 valence electrons. The number of para-hydroxylation sites is 1. The van der Waals surface area contributed by atoms with Crippen molar-refractivity contribution in [2.75, 3.05) is 6.61 Å². The fourth-order valence-corrected chi connectivity index (χ4v) is 3.81. The van der Waals surface area contributed by atoms with E-state index in [0.717, 1.165) is 0 Å². The lowest BCUT2D eigenvalue weighted by molar-refractivity contribution is -0.404. The van der Waals surface area contributed by atoms with Crippen LogP contribution >= 0.6 is 0 Å². The highest BCUT2D eigenvalue weighted by Crippen LogP contribution is 2.39. The zero-order valence-corrected chi connectivity index (χ0v) is 24.0. The van der Waals surface area contributed by atoms with Gasteiger partial charge in [-0.25, -0.2) is 5.43 Å². The summed E-state index contributed by atoms with van der Waals surface area (Å²) in [6.45, 7) is 7.84. The molecule has 0 radical (unpaired) electrons. The molecule has 0 saturated carbocycles. The molecule has 0 bridgehead atoms. The van der Waals surface area contributed by atoms with Gasteiger partial charge in [-0.15, -0.1) is 0 Å². The fraction of sp³-hybridized carbons (Fsp3) is 0.259. The van der Waals surface area contributed by atoms with Crippen LogP contribution in [-0.2, 0) is 4.79 Å². The van der Waals surface area contributed by atoms with Crippen LogP contribution in [0.3, 0.4) is 0 Å². The van der Waals surface area contributed by atoms with Gasteiger partial charge in [-0.05, 0) is 52.0 Å². The second-order valence-corrected chi connectivity index (χ2v) is 9.35. The highest BCUT2D eigenvalue weighted by atomic mass is 16.6. The first-order valence-electron chi connectivity index (χ1n) is 12.8. The summed E-state index contributed by atoms with van der Waals surface area (Å²) in [5.74, 6) is -1.11. The number of nitrogens with one attached hydrogen (secondary N) is 1. The summed E-state index contributed by atoms with van der Waals surface area (Å²) >= 11 is 0. The summed E-state index contributed by atoms with van der Waals surface area (Å²) in [5, 5.41) is 44.2. The van der Waals surface area contributed by atoms with Gasteiger partial charge in [0.2, 0.25) is 0 Å². The number of hydrazone groups is 1. The van der Waals surface area contributed by atoms with Crippen LogP contribution in [0.1, 0.15) is 43.6 Å². The van der Waals surface area contributed by atoms with Crippen LogP contribution in [0.5, 0.6) is 11.5 Å². The molecule has 0 saturated heterocycles. The maximum Gasteiger partial charge on any atom is 0.324 e. The Morgan fingerprint density at radius 2 is 1.50 bits per heavy atom. The number of pyridine rings is 1. The first-order valence-corrected chi connectivity index (χ1v) is 12.8. The zero-order valence-electron chi connectivity index (χ0n) is 24.0. The molecule has 0 fully saturated rings. The molecule has 1 heterocycles. The van der Waals surface area contributed by atoms with Gasteiger partial charge >= 0.3 is 11.4 Å². The summed E-state index contributed by atoms with van der Waals surface area (Å²) < 4.78 is 5.72. The Kier molecular flexibility index (Phi) is 12.3. The van der Waals surface area contributed by atoms with Crippen molar-refractivity contribution in [3.05, 3.63) is 102 Å². The molecule has 2 N–H and O–H groups in total. The third-order valence-electron chi connectivity index (χ3n) is 5.64. The van der Waals surface area contributed by atoms with E-state index >= 15 is 0 Å². The molecule has 0 spiro atoms. The summed E-state index contributed by atoms with van der Waals surface area (Å²) in [7, 11) is 0. The Morgan fingerprint density at radius 3 is 2.00 bits per heavy atom. The topological polar surface area (TPSA) is 234 Å². The summed E-state index contributed by atoms with van der Waals surface area (Å²) in [6, 6.07) is 11.5. The minimum atomic E-state index is -1.21. The third kappa shape index (κ3) is 9.54. The van der Waals surface area contributed by atoms with Crippen LogP contribution < -0.4 is 10.2 Å². The van der Waals surface area contributed by atoms with E-state index in [9.17, 15) is 39.9 Å². The number of nitrogens with zero attached hydrogens (tertiary/aromatic N) is 6. The fourth-order valence-electron chi connectivity index (χ4n) is 3.81. The largest absolute Gasteiger partial charge is 0.497 e. The molecule has 2 aromatic carbocycles. The van der Waals surface area contributed by atoms with Gasteiger partial charge < -0.3 is 14.7 Å². The van der Waals surface area contributed by atoms with Gasteiger partial charge in [-0.3, -0.25) is 44.9 Å². The van der Waals surface area contributed by atoms with Crippen molar-refractivity contribution in [2.24, 2.45) is 5.10 Å². The van der Waals surface area contributed by atoms with Crippen LogP contribution in [0.4, 0.5) is 17.1 Å². The van der Waals surface area contributed by atoms with Crippen molar-refractivity contribution < 1.29 is 34.2 Å². The molecule has 0 aliphatic heterocycles. The van der Waals surface area contributed by atoms with Crippen LogP contribution in [0, 0.1) is 30.3 Å². The van der Waals surface area contributed by atoms with Gasteiger partial charge in [0.15, 0.2) is 6.61 Å². The number of phenols is 1. The van der Waals surface area contributed by atoms with Crippen molar-refractivity contribution in [3.8, 4) is 11.5 Å². The average molecular weight is 612 g/mol. The predicted molar refractivity (Wildman–Crippen MR) is 156 cm³/mol. The molecule has 3 rings (SSSR count). The number of carbonyl (C=O) groups is 2. The van der Waals surface area contributed by atoms with Crippen molar-refractivity contribution in [1.29, 1.82) is 0 Å². The Hall–Kier alpha value is -6.00. The van der Waals surface area contributed by atoms with E-state index in [4.69, 9.17) is 9.84 Å². The highest BCUT2D eigenvalue weighted by molar-refractivity contribution is 5.95. The number of aromatic nitrogens is 1. The summed E-state index contributed by atoms with van der Waals surface area (Å²) in [6.07, 6.45) is 4.56. The quantitative estimate of drug-likeness (QED) is 0.179. The molecule has 1 aromatic heterocycles. The molecule has 0 unspecified atom stereocenters. The molecule has 17 nitrogen and oxygen atoms in total. The molecule has 0 atom stereocenters. The van der Waals surface area contributed by atoms with Gasteiger partial charge in [0.05, 0.1) is 33.1 Å². The summed E-state index contributed by atoms with van der Waals surface area (Å²) in [5.41, 5.74) is 0.579. The Morgan fingerprint density at radius 1 is 0.955 bits per heavy atom. The van der Waals surface area contributed by atoms with E-state index in [1.807, 2.05) is 39.8 Å². The lowest BCUT2D eigenvalue weighted by Gasteiger charge is -2.30. The smallest absolute Gasteiger partial charge is 0.324 e. The molecule has 44 heavy (non-hydrogen) atoms. The number of phenolic OH excluding ortho intramolecular Hbond substituents is 1. The van der Waals surface area contributed by atoms with E-state index < -0.39 is 37.6 Å². The normalized spacial score (nSPS) is 10.6. The Balaban J connectivity index is 0.000000358. The van der Waals surface area contributed by atoms with E-state index in [1.165, 1.54) is 18.6 Å². The van der Waals surface area contributed by atoms with Crippen molar-refractivity contribution in [1.82, 2.24) is 15.3 Å². The van der Waals surface area contributed by atoms with E-state index in [1.54, 1.807) is 29.2 Å². The first-order chi connectivity index (χ1) is 20.7. The number of nitro benzene ring substituents is 3. The number of carbonyl (C=O) groups excluding carboxylic acids is 2. The lowest BCUT2D eigenvalue weighted by Crippen LogP contribution is -2.44. The van der Waals surface area contributed by atoms with Crippen molar-refractivity contribution in [3.63, 3.8) is 0 Å². The Bertz CT molecular complexity index is 1500. The maximum absolute atomic E-state index is 12.5. The van der Waals surface area contributed by atoms with Gasteiger partial charge in [0.25, 0.3) is 23.3 Å². The number of hydrogen-bond acceptors (Lipinski definition) is 12. The number of ether oxygens (including phenoxy) is 1. The molecule has 0 aliphatic carbocycles. The maximum atomic E-state index is 12.5. The lowest BCUT2D eigenvalue weighted by atomic mass is 10.2. The number of aromatic hydroxyl groups is 1. The third-order valence-corrected chi connectivity index (χ3v) is 5.64. The number of nitro groups is 3. The van der Waals surface area contributed by atoms with E-state index in [0.29, 0.717) is 29.0 Å². The summed E-state index contributed by atoms with van der Waals surface area (Å²) in [4.78, 5) is 57.9. The first kappa shape index (κ1) is 34.2. The average Bonchev–Trinajstić information content (AvgIpc) is 2.96. The van der Waals surface area contributed by atoms with Gasteiger partial charge in [-0.1, -0.05) is 12.1 Å². The predicted octanol–water partition coefficient (Wildman–Crippen LogP) is 3.99. The number of rotatable bonds is 11.